The van der Waals surface area contributed by atoms with E-state index in [-0.39, 0.29) is 12.3 Å². The molecule has 1 aromatic carbocycles. The maximum Gasteiger partial charge on any atom is 0.137 e. The fourth-order valence-corrected chi connectivity index (χ4v) is 2.22. The van der Waals surface area contributed by atoms with Crippen molar-refractivity contribution in [1.82, 2.24) is 5.48 Å². The summed E-state index contributed by atoms with van der Waals surface area (Å²) in [6.07, 6.45) is 1.86. The second kappa shape index (κ2) is 4.95. The zero-order valence-electron chi connectivity index (χ0n) is 9.29. The van der Waals surface area contributed by atoms with E-state index in [0.29, 0.717) is 22.4 Å². The largest absolute Gasteiger partial charge is 0.506 e. The molecule has 1 aliphatic rings. The van der Waals surface area contributed by atoms with Gasteiger partial charge in [-0.25, -0.2) is 0 Å². The molecule has 92 valence electrons. The van der Waals surface area contributed by atoms with E-state index in [4.69, 9.17) is 15.3 Å². The van der Waals surface area contributed by atoms with Gasteiger partial charge in [-0.15, -0.1) is 0 Å². The minimum absolute atomic E-state index is 0.116. The lowest BCUT2D eigenvalue weighted by Crippen LogP contribution is -2.18. The number of rotatable bonds is 3. The van der Waals surface area contributed by atoms with Crippen LogP contribution in [0, 0.1) is 0 Å². The summed E-state index contributed by atoms with van der Waals surface area (Å²) >= 11 is 3.29. The first-order chi connectivity index (χ1) is 8.19. The van der Waals surface area contributed by atoms with Gasteiger partial charge in [0, 0.05) is 12.1 Å². The summed E-state index contributed by atoms with van der Waals surface area (Å²) in [7, 11) is 1.54. The smallest absolute Gasteiger partial charge is 0.137 e. The fourth-order valence-electron chi connectivity index (χ4n) is 1.75. The van der Waals surface area contributed by atoms with Crippen molar-refractivity contribution in [1.29, 1.82) is 0 Å². The van der Waals surface area contributed by atoms with Gasteiger partial charge in [-0.1, -0.05) is 0 Å². The number of phenols is 1. The molecule has 4 N–H and O–H groups in total. The van der Waals surface area contributed by atoms with E-state index in [9.17, 15) is 5.11 Å². The highest BCUT2D eigenvalue weighted by molar-refractivity contribution is 9.10. The van der Waals surface area contributed by atoms with Crippen molar-refractivity contribution in [2.75, 3.05) is 13.7 Å². The zero-order valence-corrected chi connectivity index (χ0v) is 10.9. The van der Waals surface area contributed by atoms with Gasteiger partial charge < -0.3 is 15.6 Å². The van der Waals surface area contributed by atoms with Crippen LogP contribution in [0.2, 0.25) is 0 Å². The average Bonchev–Trinajstić information content (AvgIpc) is 2.32. The summed E-state index contributed by atoms with van der Waals surface area (Å²) in [6.45, 7) is 0.612. The van der Waals surface area contributed by atoms with Crippen LogP contribution in [0.15, 0.2) is 16.6 Å². The van der Waals surface area contributed by atoms with E-state index in [0.717, 1.165) is 11.3 Å². The molecule has 0 saturated carbocycles. The number of hydrogen-bond donors (Lipinski definition) is 3. The summed E-state index contributed by atoms with van der Waals surface area (Å²) < 4.78 is 6.10. The van der Waals surface area contributed by atoms with Gasteiger partial charge in [0.1, 0.15) is 18.1 Å². The summed E-state index contributed by atoms with van der Waals surface area (Å²) in [5.74, 6) is 0.708. The molecule has 0 bridgehead atoms. The number of phenolic OH excluding ortho intramolecular Hbond substituents is 1. The first kappa shape index (κ1) is 12.2. The minimum Gasteiger partial charge on any atom is -0.506 e. The number of ether oxygens (including phenoxy) is 1. The molecule has 1 aromatic rings. The van der Waals surface area contributed by atoms with Gasteiger partial charge in [0.25, 0.3) is 0 Å². The maximum atomic E-state index is 9.89. The molecule has 1 aliphatic heterocycles. The van der Waals surface area contributed by atoms with Crippen LogP contribution >= 0.6 is 15.9 Å². The Balaban J connectivity index is 2.58. The number of aromatic hydroxyl groups is 1. The zero-order chi connectivity index (χ0) is 12.4. The Kier molecular flexibility index (Phi) is 3.56. The SMILES string of the molecule is CONC1=CCOc2c1cc(Br)c(O)c2CN. The standard InChI is InChI=1S/C11H13BrN2O3/c1-16-14-9-2-3-17-11-6(9)4-8(12)10(15)7(11)5-13/h2,4,14-15H,3,5,13H2,1H3. The van der Waals surface area contributed by atoms with Gasteiger partial charge in [-0.3, -0.25) is 10.3 Å². The van der Waals surface area contributed by atoms with Gasteiger partial charge in [0.15, 0.2) is 0 Å². The number of fused-ring (bicyclic) bond motifs is 1. The van der Waals surface area contributed by atoms with E-state index >= 15 is 0 Å². The Labute approximate surface area is 107 Å². The third-order valence-electron chi connectivity index (χ3n) is 2.52. The molecule has 0 atom stereocenters. The van der Waals surface area contributed by atoms with Crippen LogP contribution in [-0.4, -0.2) is 18.8 Å². The molecular weight excluding hydrogens is 288 g/mol. The molecule has 1 heterocycles. The average molecular weight is 301 g/mol. The van der Waals surface area contributed by atoms with E-state index in [1.54, 1.807) is 6.07 Å². The predicted molar refractivity (Wildman–Crippen MR) is 67.3 cm³/mol. The normalized spacial score (nSPS) is 13.7. The van der Waals surface area contributed by atoms with Crippen LogP contribution in [0.5, 0.6) is 11.5 Å². The van der Waals surface area contributed by atoms with Crippen molar-refractivity contribution in [2.45, 2.75) is 6.54 Å². The van der Waals surface area contributed by atoms with Gasteiger partial charge in [-0.2, -0.15) is 0 Å². The molecule has 0 unspecified atom stereocenters. The first-order valence-electron chi connectivity index (χ1n) is 5.05. The number of halogens is 1. The number of hydrogen-bond acceptors (Lipinski definition) is 5. The lowest BCUT2D eigenvalue weighted by Gasteiger charge is -2.22. The first-order valence-corrected chi connectivity index (χ1v) is 5.85. The van der Waals surface area contributed by atoms with Gasteiger partial charge in [0.2, 0.25) is 0 Å². The van der Waals surface area contributed by atoms with Crippen molar-refractivity contribution < 1.29 is 14.7 Å². The molecule has 0 fully saturated rings. The lowest BCUT2D eigenvalue weighted by atomic mass is 10.0. The van der Waals surface area contributed by atoms with Crippen LogP contribution in [-0.2, 0) is 11.4 Å². The Hall–Kier alpha value is -1.24. The van der Waals surface area contributed by atoms with E-state index in [1.807, 2.05) is 6.08 Å². The van der Waals surface area contributed by atoms with E-state index < -0.39 is 0 Å². The molecule has 2 rings (SSSR count). The molecule has 0 spiro atoms. The summed E-state index contributed by atoms with van der Waals surface area (Å²) in [6, 6.07) is 1.76. The van der Waals surface area contributed by atoms with Crippen LogP contribution in [0.4, 0.5) is 0 Å². The quantitative estimate of drug-likeness (QED) is 0.738. The Bertz CT molecular complexity index is 474. The van der Waals surface area contributed by atoms with Gasteiger partial charge in [-0.05, 0) is 28.1 Å². The molecule has 0 aliphatic carbocycles. The van der Waals surface area contributed by atoms with Crippen molar-refractivity contribution in [3.8, 4) is 11.5 Å². The maximum absolute atomic E-state index is 9.89. The highest BCUT2D eigenvalue weighted by Gasteiger charge is 2.22. The lowest BCUT2D eigenvalue weighted by molar-refractivity contribution is 0.135. The van der Waals surface area contributed by atoms with E-state index in [2.05, 4.69) is 21.4 Å². The molecular formula is C11H13BrN2O3. The fraction of sp³-hybridized carbons (Fsp3) is 0.273. The second-order valence-corrected chi connectivity index (χ2v) is 4.36. The third-order valence-corrected chi connectivity index (χ3v) is 3.13. The summed E-state index contributed by atoms with van der Waals surface area (Å²) in [4.78, 5) is 4.90. The molecule has 6 heteroatoms. The monoisotopic (exact) mass is 300 g/mol. The number of nitrogens with two attached hydrogens (primary N) is 1. The third kappa shape index (κ3) is 2.11. The summed E-state index contributed by atoms with van der Waals surface area (Å²) in [5.41, 5.74) is 10.6. The summed E-state index contributed by atoms with van der Waals surface area (Å²) in [5, 5.41) is 9.89. The van der Waals surface area contributed by atoms with Crippen LogP contribution in [0.3, 0.4) is 0 Å². The molecule has 17 heavy (non-hydrogen) atoms. The topological polar surface area (TPSA) is 76.7 Å². The van der Waals surface area contributed by atoms with Gasteiger partial charge >= 0.3 is 0 Å². The Morgan fingerprint density at radius 1 is 1.65 bits per heavy atom. The minimum atomic E-state index is 0.116. The van der Waals surface area contributed by atoms with Crippen molar-refractivity contribution >= 4 is 21.6 Å². The molecule has 0 aromatic heterocycles. The van der Waals surface area contributed by atoms with Crippen molar-refractivity contribution in [2.24, 2.45) is 5.73 Å². The van der Waals surface area contributed by atoms with Gasteiger partial charge in [0.05, 0.1) is 22.8 Å². The highest BCUT2D eigenvalue weighted by Crippen LogP contribution is 2.41. The molecule has 0 amide bonds. The Morgan fingerprint density at radius 3 is 3.06 bits per heavy atom. The molecule has 0 radical (unpaired) electrons. The second-order valence-electron chi connectivity index (χ2n) is 3.50. The van der Waals surface area contributed by atoms with Crippen LogP contribution < -0.4 is 16.0 Å². The highest BCUT2D eigenvalue weighted by atomic mass is 79.9. The van der Waals surface area contributed by atoms with Crippen molar-refractivity contribution in [3.05, 3.63) is 27.7 Å². The van der Waals surface area contributed by atoms with E-state index in [1.165, 1.54) is 7.11 Å². The van der Waals surface area contributed by atoms with Crippen LogP contribution in [0.25, 0.3) is 5.70 Å². The molecule has 5 nitrogen and oxygen atoms in total. The number of nitrogens with one attached hydrogen (secondary N) is 1. The number of benzene rings is 1. The predicted octanol–water partition coefficient (Wildman–Crippen LogP) is 1.50. The number of hydroxylamine groups is 1. The van der Waals surface area contributed by atoms with Crippen LogP contribution in [0.1, 0.15) is 11.1 Å². The van der Waals surface area contributed by atoms with Crippen molar-refractivity contribution in [3.63, 3.8) is 0 Å². The molecule has 0 saturated heterocycles. The Morgan fingerprint density at radius 2 is 2.41 bits per heavy atom.